The lowest BCUT2D eigenvalue weighted by molar-refractivity contribution is -0.131. The number of benzene rings is 2. The van der Waals surface area contributed by atoms with Crippen LogP contribution in [0.25, 0.3) is 21.9 Å². The van der Waals surface area contributed by atoms with E-state index in [0.29, 0.717) is 31.9 Å². The molecule has 9 heteroatoms. The third-order valence-electron chi connectivity index (χ3n) is 4.82. The number of ether oxygens (including phenoxy) is 1. The molecule has 30 heavy (non-hydrogen) atoms. The summed E-state index contributed by atoms with van der Waals surface area (Å²) >= 11 is 1.11. The molecule has 0 spiro atoms. The largest absolute Gasteiger partial charge is 0.426 e. The van der Waals surface area contributed by atoms with Gasteiger partial charge in [0.05, 0.1) is 16.8 Å². The van der Waals surface area contributed by atoms with Crippen molar-refractivity contribution in [2.45, 2.75) is 6.92 Å². The minimum atomic E-state index is -0.464. The average Bonchev–Trinajstić information content (AvgIpc) is 3.35. The van der Waals surface area contributed by atoms with Gasteiger partial charge in [0, 0.05) is 19.5 Å². The van der Waals surface area contributed by atoms with Crippen LogP contribution in [0.15, 0.2) is 53.3 Å². The van der Waals surface area contributed by atoms with E-state index in [2.05, 4.69) is 10.1 Å². The second kappa shape index (κ2) is 6.60. The predicted molar refractivity (Wildman–Crippen MR) is 111 cm³/mol. The molecule has 8 nitrogen and oxygen atoms in total. The fourth-order valence-corrected chi connectivity index (χ4v) is 4.48. The van der Waals surface area contributed by atoms with Crippen molar-refractivity contribution in [3.05, 3.63) is 69.0 Å². The Bertz CT molecular complexity index is 1470. The van der Waals surface area contributed by atoms with Gasteiger partial charge in [0.2, 0.25) is 4.96 Å². The number of hydrogen-bond acceptors (Lipinski definition) is 7. The molecule has 0 fully saturated rings. The highest BCUT2D eigenvalue weighted by Crippen LogP contribution is 2.34. The first-order chi connectivity index (χ1) is 14.5. The molecular formula is C21H14N4O4S. The first-order valence-corrected chi connectivity index (χ1v) is 9.86. The maximum Gasteiger partial charge on any atom is 0.308 e. The van der Waals surface area contributed by atoms with Crippen molar-refractivity contribution >= 4 is 39.4 Å². The molecule has 0 saturated carbocycles. The van der Waals surface area contributed by atoms with Crippen LogP contribution in [0.3, 0.4) is 0 Å². The Labute approximate surface area is 173 Å². The van der Waals surface area contributed by atoms with Crippen LogP contribution in [0.5, 0.6) is 5.75 Å². The number of amides is 1. The van der Waals surface area contributed by atoms with Crippen LogP contribution in [0.4, 0.5) is 5.69 Å². The maximum atomic E-state index is 13.1. The van der Waals surface area contributed by atoms with Crippen molar-refractivity contribution in [2.24, 2.45) is 0 Å². The number of carbonyl (C=O) groups is 2. The highest BCUT2D eigenvalue weighted by atomic mass is 32.1. The topological polar surface area (TPSA) is 93.9 Å². The van der Waals surface area contributed by atoms with E-state index in [1.807, 2.05) is 24.3 Å². The summed E-state index contributed by atoms with van der Waals surface area (Å²) in [4.78, 5) is 43.6. The number of nitrogens with zero attached hydrogens (tertiary/aromatic N) is 4. The summed E-state index contributed by atoms with van der Waals surface area (Å²) in [7, 11) is 1.68. The van der Waals surface area contributed by atoms with E-state index in [1.54, 1.807) is 31.3 Å². The molecule has 0 saturated heterocycles. The standard InChI is InChI=1S/C21H14N4O4S/c1-11(26)29-15-10-6-4-8-13(15)18-22-21-25(23-18)20(28)17(30-21)16-12-7-3-5-9-14(12)24(2)19(16)27/h3-10H,1-2H3/b17-16-. The Morgan fingerprint density at radius 2 is 1.73 bits per heavy atom. The second-order valence-corrected chi connectivity index (χ2v) is 7.69. The Morgan fingerprint density at radius 1 is 1.03 bits per heavy atom. The molecule has 2 aromatic carbocycles. The second-order valence-electron chi connectivity index (χ2n) is 6.71. The molecule has 5 rings (SSSR count). The molecule has 0 atom stereocenters. The van der Waals surface area contributed by atoms with Crippen molar-refractivity contribution in [2.75, 3.05) is 11.9 Å². The molecule has 0 N–H and O–H groups in total. The minimum Gasteiger partial charge on any atom is -0.426 e. The number of rotatable bonds is 2. The van der Waals surface area contributed by atoms with E-state index in [4.69, 9.17) is 4.74 Å². The Hall–Kier alpha value is -3.85. The van der Waals surface area contributed by atoms with Gasteiger partial charge in [-0.3, -0.25) is 14.4 Å². The van der Waals surface area contributed by atoms with Gasteiger partial charge in [0.15, 0.2) is 5.82 Å². The van der Waals surface area contributed by atoms with Crippen molar-refractivity contribution < 1.29 is 14.3 Å². The molecule has 2 aromatic heterocycles. The lowest BCUT2D eigenvalue weighted by Gasteiger charge is -2.07. The van der Waals surface area contributed by atoms with Gasteiger partial charge in [-0.2, -0.15) is 9.50 Å². The van der Waals surface area contributed by atoms with Gasteiger partial charge in [0.1, 0.15) is 10.3 Å². The molecule has 0 unspecified atom stereocenters. The van der Waals surface area contributed by atoms with E-state index in [0.717, 1.165) is 17.0 Å². The SMILES string of the molecule is CC(=O)Oc1ccccc1-c1nc2s/c(=C3\C(=O)N(C)c4ccccc43)c(=O)n2n1. The van der Waals surface area contributed by atoms with Gasteiger partial charge in [-0.15, -0.1) is 5.10 Å². The fourth-order valence-electron chi connectivity index (χ4n) is 3.48. The quantitative estimate of drug-likeness (QED) is 0.363. The van der Waals surface area contributed by atoms with E-state index in [9.17, 15) is 14.4 Å². The van der Waals surface area contributed by atoms with Gasteiger partial charge in [0.25, 0.3) is 11.5 Å². The number of hydrogen-bond donors (Lipinski definition) is 0. The molecule has 1 aliphatic rings. The fraction of sp³-hybridized carbons (Fsp3) is 0.0952. The van der Waals surface area contributed by atoms with Gasteiger partial charge in [-0.1, -0.05) is 41.7 Å². The monoisotopic (exact) mass is 418 g/mol. The number of likely N-dealkylation sites (N-methyl/N-ethyl adjacent to an activating group) is 1. The average molecular weight is 418 g/mol. The number of thiazole rings is 1. The molecule has 148 valence electrons. The highest BCUT2D eigenvalue weighted by molar-refractivity contribution is 7.15. The van der Waals surface area contributed by atoms with E-state index in [-0.39, 0.29) is 11.7 Å². The van der Waals surface area contributed by atoms with Crippen LogP contribution in [-0.2, 0) is 9.59 Å². The Morgan fingerprint density at radius 3 is 2.47 bits per heavy atom. The number of para-hydroxylation sites is 2. The number of anilines is 1. The first kappa shape index (κ1) is 18.2. The van der Waals surface area contributed by atoms with Crippen LogP contribution in [0.2, 0.25) is 0 Å². The van der Waals surface area contributed by atoms with Crippen molar-refractivity contribution in [3.63, 3.8) is 0 Å². The molecular weight excluding hydrogens is 404 g/mol. The zero-order valence-electron chi connectivity index (χ0n) is 15.9. The number of aromatic nitrogens is 3. The van der Waals surface area contributed by atoms with Crippen molar-refractivity contribution in [1.82, 2.24) is 14.6 Å². The zero-order chi connectivity index (χ0) is 21.0. The third kappa shape index (κ3) is 2.63. The summed E-state index contributed by atoms with van der Waals surface area (Å²) < 4.78 is 6.69. The predicted octanol–water partition coefficient (Wildman–Crippen LogP) is 1.64. The van der Waals surface area contributed by atoms with Crippen molar-refractivity contribution in [3.8, 4) is 17.1 Å². The van der Waals surface area contributed by atoms with E-state index < -0.39 is 11.5 Å². The van der Waals surface area contributed by atoms with Gasteiger partial charge in [-0.25, -0.2) is 0 Å². The third-order valence-corrected chi connectivity index (χ3v) is 5.85. The Balaban J connectivity index is 1.71. The normalized spacial score (nSPS) is 15.0. The zero-order valence-corrected chi connectivity index (χ0v) is 16.8. The number of carbonyl (C=O) groups excluding carboxylic acids is 2. The van der Waals surface area contributed by atoms with Crippen LogP contribution < -0.4 is 19.7 Å². The van der Waals surface area contributed by atoms with Gasteiger partial charge in [-0.05, 0) is 18.2 Å². The lowest BCUT2D eigenvalue weighted by atomic mass is 10.1. The molecule has 0 bridgehead atoms. The molecule has 3 heterocycles. The first-order valence-electron chi connectivity index (χ1n) is 9.05. The van der Waals surface area contributed by atoms with Crippen LogP contribution in [-0.4, -0.2) is 33.5 Å². The summed E-state index contributed by atoms with van der Waals surface area (Å²) in [6.07, 6.45) is 0. The van der Waals surface area contributed by atoms with Gasteiger partial charge < -0.3 is 9.64 Å². The number of fused-ring (bicyclic) bond motifs is 2. The maximum absolute atomic E-state index is 13.1. The number of esters is 1. The van der Waals surface area contributed by atoms with Gasteiger partial charge >= 0.3 is 5.97 Å². The summed E-state index contributed by atoms with van der Waals surface area (Å²) in [5.41, 5.74) is 1.92. The lowest BCUT2D eigenvalue weighted by Crippen LogP contribution is -2.30. The van der Waals surface area contributed by atoms with E-state index in [1.165, 1.54) is 16.3 Å². The van der Waals surface area contributed by atoms with Crippen LogP contribution in [0, 0.1) is 0 Å². The smallest absolute Gasteiger partial charge is 0.308 e. The molecule has 1 amide bonds. The molecule has 0 radical (unpaired) electrons. The minimum absolute atomic E-state index is 0.238. The molecule has 4 aromatic rings. The summed E-state index contributed by atoms with van der Waals surface area (Å²) in [5.74, 6) is -0.124. The summed E-state index contributed by atoms with van der Waals surface area (Å²) in [5, 5.41) is 4.32. The highest BCUT2D eigenvalue weighted by Gasteiger charge is 2.31. The van der Waals surface area contributed by atoms with Crippen LogP contribution in [0.1, 0.15) is 12.5 Å². The molecule has 1 aliphatic heterocycles. The Kier molecular flexibility index (Phi) is 4.00. The van der Waals surface area contributed by atoms with E-state index >= 15 is 0 Å². The summed E-state index contributed by atoms with van der Waals surface area (Å²) in [6.45, 7) is 1.31. The van der Waals surface area contributed by atoms with Crippen molar-refractivity contribution in [1.29, 1.82) is 0 Å². The van der Waals surface area contributed by atoms with Crippen LogP contribution >= 0.6 is 11.3 Å². The molecule has 0 aliphatic carbocycles. The summed E-state index contributed by atoms with van der Waals surface area (Å²) in [6, 6.07) is 14.2.